The molecule has 0 fully saturated rings. The molecule has 2 aliphatic heterocycles. The Balaban J connectivity index is 1.51. The molecule has 2 aromatic carbocycles. The number of nitrogens with zero attached hydrogens (tertiary/aromatic N) is 2. The maximum absolute atomic E-state index is 12.5. The fourth-order valence-electron chi connectivity index (χ4n) is 3.59. The predicted octanol–water partition coefficient (Wildman–Crippen LogP) is 4.67. The van der Waals surface area contributed by atoms with E-state index >= 15 is 0 Å². The standard InChI is InChI=1S/C26H25N3O5S/c1-4-7-18-8-5-6-9-20(18)33-11-12-34-23-21(31-2)15-17(16-22(23)32-3)14-19-24(27)29-10-13-35-26(29)28-25(19)30/h4-6,8-10,13-16,27H,1,7,11-12H2,2-3H3/b19-14-,27-24?. The van der Waals surface area contributed by atoms with Gasteiger partial charge in [0.2, 0.25) is 5.75 Å². The van der Waals surface area contributed by atoms with Crippen molar-refractivity contribution in [1.82, 2.24) is 4.90 Å². The Morgan fingerprint density at radius 1 is 1.09 bits per heavy atom. The Bertz CT molecular complexity index is 1230. The van der Waals surface area contributed by atoms with Crippen LogP contribution in [0.15, 0.2) is 71.2 Å². The van der Waals surface area contributed by atoms with Crippen LogP contribution >= 0.6 is 11.8 Å². The van der Waals surface area contributed by atoms with E-state index in [1.54, 1.807) is 34.7 Å². The number of ether oxygens (including phenoxy) is 4. The Labute approximate surface area is 208 Å². The van der Waals surface area contributed by atoms with Gasteiger partial charge in [-0.25, -0.2) is 0 Å². The second-order valence-electron chi connectivity index (χ2n) is 7.43. The number of amidine groups is 2. The molecule has 180 valence electrons. The van der Waals surface area contributed by atoms with Crippen molar-refractivity contribution in [2.75, 3.05) is 27.4 Å². The molecule has 0 bridgehead atoms. The Morgan fingerprint density at radius 2 is 1.80 bits per heavy atom. The Morgan fingerprint density at radius 3 is 2.51 bits per heavy atom. The highest BCUT2D eigenvalue weighted by molar-refractivity contribution is 8.16. The van der Waals surface area contributed by atoms with Gasteiger partial charge in [-0.15, -0.1) is 6.58 Å². The number of hydrogen-bond acceptors (Lipinski definition) is 7. The van der Waals surface area contributed by atoms with E-state index in [9.17, 15) is 4.79 Å². The molecule has 0 radical (unpaired) electrons. The van der Waals surface area contributed by atoms with Crippen LogP contribution in [0.2, 0.25) is 0 Å². The third-order valence-electron chi connectivity index (χ3n) is 5.23. The highest BCUT2D eigenvalue weighted by Gasteiger charge is 2.31. The first-order valence-electron chi connectivity index (χ1n) is 10.8. The average molecular weight is 492 g/mol. The number of thioether (sulfide) groups is 1. The Kier molecular flexibility index (Phi) is 7.57. The number of aliphatic imine (C=N–C) groups is 1. The first-order chi connectivity index (χ1) is 17.0. The summed E-state index contributed by atoms with van der Waals surface area (Å²) in [5.41, 5.74) is 1.84. The average Bonchev–Trinajstić information content (AvgIpc) is 3.34. The molecule has 4 rings (SSSR count). The summed E-state index contributed by atoms with van der Waals surface area (Å²) in [6.07, 6.45) is 5.85. The van der Waals surface area contributed by atoms with E-state index in [4.69, 9.17) is 24.4 Å². The molecule has 1 N–H and O–H groups in total. The highest BCUT2D eigenvalue weighted by Crippen LogP contribution is 2.39. The number of benzene rings is 2. The van der Waals surface area contributed by atoms with E-state index in [1.807, 2.05) is 30.3 Å². The quantitative estimate of drug-likeness (QED) is 0.293. The lowest BCUT2D eigenvalue weighted by Crippen LogP contribution is -2.35. The van der Waals surface area contributed by atoms with Gasteiger partial charge in [-0.05, 0) is 47.2 Å². The smallest absolute Gasteiger partial charge is 0.283 e. The highest BCUT2D eigenvalue weighted by atomic mass is 32.2. The molecule has 0 saturated carbocycles. The molecule has 0 saturated heterocycles. The second-order valence-corrected chi connectivity index (χ2v) is 8.30. The van der Waals surface area contributed by atoms with E-state index in [0.717, 1.165) is 17.7 Å². The van der Waals surface area contributed by atoms with Crippen LogP contribution in [0.1, 0.15) is 11.1 Å². The molecule has 9 heteroatoms. The minimum atomic E-state index is -0.468. The van der Waals surface area contributed by atoms with Gasteiger partial charge in [-0.1, -0.05) is 36.0 Å². The van der Waals surface area contributed by atoms with E-state index in [2.05, 4.69) is 11.6 Å². The van der Waals surface area contributed by atoms with Gasteiger partial charge in [-0.3, -0.25) is 15.1 Å². The fourth-order valence-corrected chi connectivity index (χ4v) is 4.29. The summed E-state index contributed by atoms with van der Waals surface area (Å²) in [7, 11) is 3.05. The summed E-state index contributed by atoms with van der Waals surface area (Å²) >= 11 is 1.30. The minimum absolute atomic E-state index is 0.0633. The summed E-state index contributed by atoms with van der Waals surface area (Å²) in [5.74, 6) is 1.66. The number of carbonyl (C=O) groups excluding carboxylic acids is 1. The van der Waals surface area contributed by atoms with Crippen molar-refractivity contribution in [2.45, 2.75) is 6.42 Å². The molecule has 2 aliphatic rings. The van der Waals surface area contributed by atoms with Gasteiger partial charge < -0.3 is 18.9 Å². The maximum atomic E-state index is 12.5. The number of amides is 1. The van der Waals surface area contributed by atoms with E-state index in [-0.39, 0.29) is 18.0 Å². The third kappa shape index (κ3) is 5.25. The maximum Gasteiger partial charge on any atom is 0.283 e. The molecular formula is C26H25N3O5S. The second kappa shape index (κ2) is 11.0. The van der Waals surface area contributed by atoms with E-state index in [1.165, 1.54) is 26.0 Å². The van der Waals surface area contributed by atoms with Crippen molar-refractivity contribution in [1.29, 1.82) is 5.41 Å². The van der Waals surface area contributed by atoms with Crippen molar-refractivity contribution >= 4 is 34.7 Å². The number of rotatable bonds is 10. The predicted molar refractivity (Wildman–Crippen MR) is 138 cm³/mol. The van der Waals surface area contributed by atoms with Crippen LogP contribution in [0, 0.1) is 5.41 Å². The molecule has 0 aromatic heterocycles. The fraction of sp³-hybridized carbons (Fsp3) is 0.192. The van der Waals surface area contributed by atoms with Crippen LogP contribution in [-0.4, -0.2) is 49.2 Å². The normalized spacial score (nSPS) is 15.7. The monoisotopic (exact) mass is 491 g/mol. The molecular weight excluding hydrogens is 466 g/mol. The van der Waals surface area contributed by atoms with Crippen molar-refractivity contribution in [3.05, 3.63) is 77.4 Å². The minimum Gasteiger partial charge on any atom is -0.493 e. The molecule has 0 aliphatic carbocycles. The van der Waals surface area contributed by atoms with Gasteiger partial charge in [0.25, 0.3) is 5.91 Å². The number of nitrogens with one attached hydrogen (secondary N) is 1. The molecule has 0 unspecified atom stereocenters. The van der Waals surface area contributed by atoms with Crippen molar-refractivity contribution in [2.24, 2.45) is 4.99 Å². The zero-order valence-corrected chi connectivity index (χ0v) is 20.3. The summed E-state index contributed by atoms with van der Waals surface area (Å²) in [4.78, 5) is 18.1. The van der Waals surface area contributed by atoms with Crippen LogP contribution in [-0.2, 0) is 11.2 Å². The van der Waals surface area contributed by atoms with Gasteiger partial charge >= 0.3 is 0 Å². The number of allylic oxidation sites excluding steroid dienone is 1. The van der Waals surface area contributed by atoms with Crippen molar-refractivity contribution in [3.8, 4) is 23.0 Å². The molecule has 2 heterocycles. The summed E-state index contributed by atoms with van der Waals surface area (Å²) in [6.45, 7) is 4.36. The lowest BCUT2D eigenvalue weighted by molar-refractivity contribution is -0.114. The number of para-hydroxylation sites is 1. The van der Waals surface area contributed by atoms with Gasteiger partial charge in [0.1, 0.15) is 24.8 Å². The van der Waals surface area contributed by atoms with Crippen molar-refractivity contribution in [3.63, 3.8) is 0 Å². The summed E-state index contributed by atoms with van der Waals surface area (Å²) < 4.78 is 22.9. The third-order valence-corrected chi connectivity index (χ3v) is 5.99. The number of fused-ring (bicyclic) bond motifs is 1. The molecule has 35 heavy (non-hydrogen) atoms. The molecule has 0 atom stereocenters. The summed E-state index contributed by atoms with van der Waals surface area (Å²) in [6, 6.07) is 11.2. The van der Waals surface area contributed by atoms with Crippen molar-refractivity contribution < 1.29 is 23.7 Å². The number of hydrogen-bond donors (Lipinski definition) is 1. The zero-order chi connectivity index (χ0) is 24.8. The zero-order valence-electron chi connectivity index (χ0n) is 19.4. The molecule has 2 aromatic rings. The largest absolute Gasteiger partial charge is 0.493 e. The van der Waals surface area contributed by atoms with Gasteiger partial charge in [0, 0.05) is 6.20 Å². The number of carbonyl (C=O) groups is 1. The molecule has 1 amide bonds. The Hall–Kier alpha value is -3.98. The van der Waals surface area contributed by atoms with Crippen LogP contribution < -0.4 is 18.9 Å². The molecule has 8 nitrogen and oxygen atoms in total. The van der Waals surface area contributed by atoms with E-state index < -0.39 is 5.91 Å². The lowest BCUT2D eigenvalue weighted by atomic mass is 10.1. The van der Waals surface area contributed by atoms with Gasteiger partial charge in [-0.2, -0.15) is 4.99 Å². The topological polar surface area (TPSA) is 93.4 Å². The SMILES string of the molecule is C=CCc1ccccc1OCCOc1c(OC)cc(/C=C2/C(=N)N3C=CSC3=NC2=O)cc1OC. The summed E-state index contributed by atoms with van der Waals surface area (Å²) in [5, 5.41) is 10.7. The first kappa shape index (κ1) is 24.2. The lowest BCUT2D eigenvalue weighted by Gasteiger charge is -2.22. The van der Waals surface area contributed by atoms with Gasteiger partial charge in [0.05, 0.1) is 19.8 Å². The van der Waals surface area contributed by atoms with Crippen LogP contribution in [0.3, 0.4) is 0 Å². The molecule has 0 spiro atoms. The van der Waals surface area contributed by atoms with Crippen LogP contribution in [0.25, 0.3) is 6.08 Å². The van der Waals surface area contributed by atoms with Crippen LogP contribution in [0.4, 0.5) is 0 Å². The first-order valence-corrected chi connectivity index (χ1v) is 11.7. The van der Waals surface area contributed by atoms with Gasteiger partial charge in [0.15, 0.2) is 16.7 Å². The van der Waals surface area contributed by atoms with Crippen LogP contribution in [0.5, 0.6) is 23.0 Å². The number of methoxy groups -OCH3 is 2. The van der Waals surface area contributed by atoms with E-state index in [0.29, 0.717) is 34.6 Å².